The van der Waals surface area contributed by atoms with Crippen LogP contribution in [0.5, 0.6) is 0 Å². The summed E-state index contributed by atoms with van der Waals surface area (Å²) < 4.78 is 5.39. The van der Waals surface area contributed by atoms with Crippen LogP contribution in [0.1, 0.15) is 40.7 Å². The number of carbonyl (C=O) groups is 1. The Labute approximate surface area is 125 Å². The Hall–Kier alpha value is -1.83. The molecule has 1 aromatic rings. The van der Waals surface area contributed by atoms with Crippen LogP contribution in [-0.4, -0.2) is 36.9 Å². The molecule has 0 saturated heterocycles. The lowest BCUT2D eigenvalue weighted by molar-refractivity contribution is 0.0722. The van der Waals surface area contributed by atoms with Crippen molar-refractivity contribution in [1.29, 1.82) is 0 Å². The summed E-state index contributed by atoms with van der Waals surface area (Å²) in [4.78, 5) is 12.3. The molecule has 1 aromatic carbocycles. The molecule has 2 N–H and O–H groups in total. The molecule has 0 aliphatic heterocycles. The predicted octanol–water partition coefficient (Wildman–Crippen LogP) is 1.64. The Balaban J connectivity index is 2.07. The molecule has 1 amide bonds. The Morgan fingerprint density at radius 1 is 1.48 bits per heavy atom. The monoisotopic (exact) mass is 287 g/mol. The first-order valence-electron chi connectivity index (χ1n) is 7.19. The molecule has 2 unspecified atom stereocenters. The highest BCUT2D eigenvalue weighted by Crippen LogP contribution is 2.22. The number of hydrogen-bond acceptors (Lipinski definition) is 3. The molecular weight excluding hydrogens is 266 g/mol. The third-order valence-corrected chi connectivity index (χ3v) is 3.86. The zero-order valence-electron chi connectivity index (χ0n) is 12.5. The average molecular weight is 287 g/mol. The van der Waals surface area contributed by atoms with E-state index in [0.29, 0.717) is 5.56 Å². The lowest BCUT2D eigenvalue weighted by Crippen LogP contribution is -2.40. The zero-order chi connectivity index (χ0) is 15.2. The molecule has 1 fully saturated rings. The zero-order valence-corrected chi connectivity index (χ0v) is 12.5. The Morgan fingerprint density at radius 3 is 2.95 bits per heavy atom. The highest BCUT2D eigenvalue weighted by molar-refractivity contribution is 5.94. The fourth-order valence-corrected chi connectivity index (χ4v) is 2.70. The summed E-state index contributed by atoms with van der Waals surface area (Å²) in [6.45, 7) is 1.74. The molecule has 0 radical (unpaired) electrons. The van der Waals surface area contributed by atoms with Crippen LogP contribution in [0.25, 0.3) is 0 Å². The minimum Gasteiger partial charge on any atom is -0.384 e. The van der Waals surface area contributed by atoms with Gasteiger partial charge in [-0.05, 0) is 49.9 Å². The first-order valence-corrected chi connectivity index (χ1v) is 7.19. The van der Waals surface area contributed by atoms with Crippen LogP contribution in [0.2, 0.25) is 0 Å². The third kappa shape index (κ3) is 3.84. The van der Waals surface area contributed by atoms with Gasteiger partial charge in [-0.1, -0.05) is 11.8 Å². The second kappa shape index (κ2) is 7.26. The second-order valence-electron chi connectivity index (χ2n) is 5.27. The number of nitrogens with one attached hydrogen (secondary N) is 1. The first kappa shape index (κ1) is 15.6. The van der Waals surface area contributed by atoms with E-state index in [1.54, 1.807) is 13.2 Å². The van der Waals surface area contributed by atoms with Crippen molar-refractivity contribution >= 4 is 5.91 Å². The molecule has 0 aromatic heterocycles. The molecule has 2 atom stereocenters. The molecule has 0 heterocycles. The van der Waals surface area contributed by atoms with Gasteiger partial charge in [-0.15, -0.1) is 0 Å². The van der Waals surface area contributed by atoms with E-state index < -0.39 is 0 Å². The van der Waals surface area contributed by atoms with Crippen molar-refractivity contribution in [2.45, 2.75) is 38.3 Å². The van der Waals surface area contributed by atoms with Crippen LogP contribution in [0, 0.1) is 18.8 Å². The van der Waals surface area contributed by atoms with E-state index >= 15 is 0 Å². The number of carbonyl (C=O) groups excluding carboxylic acids is 1. The summed E-state index contributed by atoms with van der Waals surface area (Å²) in [7, 11) is 1.69. The van der Waals surface area contributed by atoms with Crippen LogP contribution >= 0.6 is 0 Å². The van der Waals surface area contributed by atoms with Crippen molar-refractivity contribution < 1.29 is 14.6 Å². The molecule has 0 spiro atoms. The maximum absolute atomic E-state index is 12.3. The molecule has 4 nitrogen and oxygen atoms in total. The number of rotatable bonds is 3. The van der Waals surface area contributed by atoms with E-state index in [1.807, 2.05) is 19.1 Å². The normalized spacial score (nSPS) is 20.7. The lowest BCUT2D eigenvalue weighted by Gasteiger charge is -2.19. The molecular formula is C17H21NO3. The molecule has 112 valence electrons. The number of methoxy groups -OCH3 is 1. The molecule has 4 heteroatoms. The van der Waals surface area contributed by atoms with E-state index in [-0.39, 0.29) is 24.7 Å². The Morgan fingerprint density at radius 2 is 2.29 bits per heavy atom. The number of aliphatic hydroxyl groups excluding tert-OH is 1. The largest absolute Gasteiger partial charge is 0.384 e. The van der Waals surface area contributed by atoms with Crippen molar-refractivity contribution in [3.05, 3.63) is 34.9 Å². The number of benzene rings is 1. The number of aliphatic hydroxyl groups is 1. The maximum atomic E-state index is 12.3. The van der Waals surface area contributed by atoms with Gasteiger partial charge in [0.15, 0.2) is 0 Å². The smallest absolute Gasteiger partial charge is 0.251 e. The van der Waals surface area contributed by atoms with Crippen molar-refractivity contribution in [1.82, 2.24) is 5.32 Å². The minimum atomic E-state index is -0.165. The predicted molar refractivity (Wildman–Crippen MR) is 81.0 cm³/mol. The third-order valence-electron chi connectivity index (χ3n) is 3.86. The molecule has 0 bridgehead atoms. The van der Waals surface area contributed by atoms with Gasteiger partial charge in [0, 0.05) is 18.2 Å². The Bertz CT molecular complexity index is 571. The van der Waals surface area contributed by atoms with Crippen molar-refractivity contribution in [2.24, 2.45) is 0 Å². The van der Waals surface area contributed by atoms with E-state index in [1.165, 1.54) is 0 Å². The van der Waals surface area contributed by atoms with Gasteiger partial charge in [0.1, 0.15) is 6.61 Å². The number of amides is 1. The average Bonchev–Trinajstić information content (AvgIpc) is 2.93. The van der Waals surface area contributed by atoms with E-state index in [4.69, 9.17) is 9.84 Å². The minimum absolute atomic E-state index is 0.0753. The van der Waals surface area contributed by atoms with Gasteiger partial charge in [0.2, 0.25) is 0 Å². The van der Waals surface area contributed by atoms with E-state index in [0.717, 1.165) is 30.4 Å². The van der Waals surface area contributed by atoms with Crippen molar-refractivity contribution in [3.8, 4) is 11.8 Å². The standard InChI is InChI=1S/C17H21NO3/c1-12-11-14(9-8-13(12)5-4-10-19)17(20)18-15-6-3-7-16(15)21-2/h8-9,11,15-16,19H,3,6-7,10H2,1-2H3,(H,18,20). The number of aryl methyl sites for hydroxylation is 1. The summed E-state index contributed by atoms with van der Waals surface area (Å²) in [5.74, 6) is 5.41. The van der Waals surface area contributed by atoms with Gasteiger partial charge < -0.3 is 15.2 Å². The van der Waals surface area contributed by atoms with Crippen LogP contribution < -0.4 is 5.32 Å². The van der Waals surface area contributed by atoms with Crippen LogP contribution in [0.4, 0.5) is 0 Å². The van der Waals surface area contributed by atoms with E-state index in [2.05, 4.69) is 17.2 Å². The Kier molecular flexibility index (Phi) is 5.38. The van der Waals surface area contributed by atoms with E-state index in [9.17, 15) is 4.79 Å². The summed E-state index contributed by atoms with van der Waals surface area (Å²) in [6, 6.07) is 5.50. The lowest BCUT2D eigenvalue weighted by atomic mass is 10.0. The van der Waals surface area contributed by atoms with Gasteiger partial charge in [-0.3, -0.25) is 4.79 Å². The SMILES string of the molecule is COC1CCCC1NC(=O)c1ccc(C#CCO)c(C)c1. The fraction of sp³-hybridized carbons (Fsp3) is 0.471. The first-order chi connectivity index (χ1) is 10.2. The number of ether oxygens (including phenoxy) is 1. The van der Waals surface area contributed by atoms with Crippen LogP contribution in [-0.2, 0) is 4.74 Å². The highest BCUT2D eigenvalue weighted by atomic mass is 16.5. The summed E-state index contributed by atoms with van der Waals surface area (Å²) >= 11 is 0. The summed E-state index contributed by atoms with van der Waals surface area (Å²) in [5.41, 5.74) is 2.39. The quantitative estimate of drug-likeness (QED) is 0.831. The van der Waals surface area contributed by atoms with Crippen LogP contribution in [0.15, 0.2) is 18.2 Å². The second-order valence-corrected chi connectivity index (χ2v) is 5.27. The summed E-state index contributed by atoms with van der Waals surface area (Å²) in [6.07, 6.45) is 3.15. The highest BCUT2D eigenvalue weighted by Gasteiger charge is 2.28. The fourth-order valence-electron chi connectivity index (χ4n) is 2.70. The summed E-state index contributed by atoms with van der Waals surface area (Å²) in [5, 5.41) is 11.8. The van der Waals surface area contributed by atoms with Gasteiger partial charge in [-0.25, -0.2) is 0 Å². The maximum Gasteiger partial charge on any atom is 0.251 e. The number of hydrogen-bond donors (Lipinski definition) is 2. The van der Waals surface area contributed by atoms with Gasteiger partial charge in [0.05, 0.1) is 12.1 Å². The molecule has 1 aliphatic rings. The van der Waals surface area contributed by atoms with Gasteiger partial charge >= 0.3 is 0 Å². The molecule has 1 aliphatic carbocycles. The molecule has 2 rings (SSSR count). The molecule has 1 saturated carbocycles. The topological polar surface area (TPSA) is 58.6 Å². The van der Waals surface area contributed by atoms with Gasteiger partial charge in [0.25, 0.3) is 5.91 Å². The molecule has 21 heavy (non-hydrogen) atoms. The van der Waals surface area contributed by atoms with Crippen molar-refractivity contribution in [3.63, 3.8) is 0 Å². The van der Waals surface area contributed by atoms with Gasteiger partial charge in [-0.2, -0.15) is 0 Å². The van der Waals surface area contributed by atoms with Crippen molar-refractivity contribution in [2.75, 3.05) is 13.7 Å². The van der Waals surface area contributed by atoms with Crippen LogP contribution in [0.3, 0.4) is 0 Å².